The van der Waals surface area contributed by atoms with Crippen LogP contribution in [0.1, 0.15) is 107 Å². The standard InChI is InChI=1S/C25H48/c1-12-16-24(10,14-3)21(9)18-22(19(5)6)23(20(7)8)25(11,15-4)17-13-2/h21-23H,5,7,12-18H2,1-4,6,8-11H3. The molecule has 0 saturated carbocycles. The first-order valence-corrected chi connectivity index (χ1v) is 10.8. The average molecular weight is 349 g/mol. The fraction of sp³-hybridized carbons (Fsp3) is 0.840. The van der Waals surface area contributed by atoms with Gasteiger partial charge in [0.05, 0.1) is 0 Å². The lowest BCUT2D eigenvalue weighted by Crippen LogP contribution is -2.37. The zero-order chi connectivity index (χ0) is 19.8. The van der Waals surface area contributed by atoms with Crippen LogP contribution in [0.5, 0.6) is 0 Å². The van der Waals surface area contributed by atoms with Crippen LogP contribution in [0.4, 0.5) is 0 Å². The molecule has 25 heavy (non-hydrogen) atoms. The molecule has 148 valence electrons. The van der Waals surface area contributed by atoms with Gasteiger partial charge in [0, 0.05) is 0 Å². The third-order valence-electron chi connectivity index (χ3n) is 7.37. The summed E-state index contributed by atoms with van der Waals surface area (Å²) in [6, 6.07) is 0. The summed E-state index contributed by atoms with van der Waals surface area (Å²) < 4.78 is 0. The fourth-order valence-electron chi connectivity index (χ4n) is 5.18. The molecule has 0 fully saturated rings. The van der Waals surface area contributed by atoms with Gasteiger partial charge in [-0.25, -0.2) is 0 Å². The first kappa shape index (κ1) is 24.5. The largest absolute Gasteiger partial charge is 0.0998 e. The monoisotopic (exact) mass is 348 g/mol. The van der Waals surface area contributed by atoms with Crippen molar-refractivity contribution in [3.63, 3.8) is 0 Å². The van der Waals surface area contributed by atoms with Crippen molar-refractivity contribution in [1.29, 1.82) is 0 Å². The highest BCUT2D eigenvalue weighted by Crippen LogP contribution is 2.50. The van der Waals surface area contributed by atoms with Gasteiger partial charge in [0.1, 0.15) is 0 Å². The van der Waals surface area contributed by atoms with Gasteiger partial charge in [0.15, 0.2) is 0 Å². The molecule has 0 heterocycles. The molecule has 0 aromatic rings. The minimum Gasteiger partial charge on any atom is -0.0998 e. The molecule has 0 radical (unpaired) electrons. The van der Waals surface area contributed by atoms with E-state index in [0.717, 1.165) is 0 Å². The van der Waals surface area contributed by atoms with E-state index in [2.05, 4.69) is 75.5 Å². The number of rotatable bonds is 13. The van der Waals surface area contributed by atoms with Gasteiger partial charge in [-0.3, -0.25) is 0 Å². The van der Waals surface area contributed by atoms with Gasteiger partial charge in [-0.2, -0.15) is 0 Å². The van der Waals surface area contributed by atoms with Gasteiger partial charge in [-0.05, 0) is 61.7 Å². The van der Waals surface area contributed by atoms with E-state index in [9.17, 15) is 0 Å². The number of hydrogen-bond acceptors (Lipinski definition) is 0. The number of allylic oxidation sites excluding steroid dienone is 2. The predicted molar refractivity (Wildman–Crippen MR) is 117 cm³/mol. The van der Waals surface area contributed by atoms with Crippen molar-refractivity contribution in [3.8, 4) is 0 Å². The quantitative estimate of drug-likeness (QED) is 0.292. The summed E-state index contributed by atoms with van der Waals surface area (Å²) in [7, 11) is 0. The summed E-state index contributed by atoms with van der Waals surface area (Å²) in [6.45, 7) is 30.2. The van der Waals surface area contributed by atoms with Crippen molar-refractivity contribution < 1.29 is 0 Å². The predicted octanol–water partition coefficient (Wildman–Crippen LogP) is 8.83. The molecule has 5 unspecified atom stereocenters. The summed E-state index contributed by atoms with van der Waals surface area (Å²) in [4.78, 5) is 0. The molecule has 0 nitrogen and oxygen atoms in total. The molecule has 0 rings (SSSR count). The fourth-order valence-corrected chi connectivity index (χ4v) is 5.18. The Balaban J connectivity index is 5.75. The normalized spacial score (nSPS) is 20.2. The Hall–Kier alpha value is -0.520. The maximum Gasteiger partial charge on any atom is -0.00893 e. The molecule has 0 spiro atoms. The zero-order valence-corrected chi connectivity index (χ0v) is 19.1. The third kappa shape index (κ3) is 6.30. The van der Waals surface area contributed by atoms with Gasteiger partial charge < -0.3 is 0 Å². The molecule has 0 aliphatic heterocycles. The van der Waals surface area contributed by atoms with Crippen LogP contribution in [0, 0.1) is 28.6 Å². The lowest BCUT2D eigenvalue weighted by atomic mass is 9.59. The highest BCUT2D eigenvalue weighted by Gasteiger charge is 2.40. The Morgan fingerprint density at radius 1 is 0.800 bits per heavy atom. The van der Waals surface area contributed by atoms with Crippen LogP contribution in [0.3, 0.4) is 0 Å². The van der Waals surface area contributed by atoms with Crippen LogP contribution in [0.15, 0.2) is 24.3 Å². The zero-order valence-electron chi connectivity index (χ0n) is 19.1. The van der Waals surface area contributed by atoms with Crippen LogP contribution in [0.2, 0.25) is 0 Å². The van der Waals surface area contributed by atoms with E-state index < -0.39 is 0 Å². The van der Waals surface area contributed by atoms with Crippen LogP contribution in [-0.2, 0) is 0 Å². The second-order valence-corrected chi connectivity index (χ2v) is 9.43. The lowest BCUT2D eigenvalue weighted by molar-refractivity contribution is 0.0950. The summed E-state index contributed by atoms with van der Waals surface area (Å²) in [5.74, 6) is 1.80. The second kappa shape index (κ2) is 10.6. The Kier molecular flexibility index (Phi) is 10.4. The highest BCUT2D eigenvalue weighted by atomic mass is 14.4. The van der Waals surface area contributed by atoms with Crippen molar-refractivity contribution in [2.45, 2.75) is 107 Å². The first-order valence-electron chi connectivity index (χ1n) is 10.8. The summed E-state index contributed by atoms with van der Waals surface area (Å²) in [6.07, 6.45) is 8.86. The van der Waals surface area contributed by atoms with Crippen LogP contribution in [0.25, 0.3) is 0 Å². The maximum atomic E-state index is 4.44. The molecule has 0 saturated heterocycles. The summed E-state index contributed by atoms with van der Waals surface area (Å²) in [5, 5.41) is 0. The minimum atomic E-state index is 0.331. The lowest BCUT2D eigenvalue weighted by Gasteiger charge is -2.46. The maximum absolute atomic E-state index is 4.44. The molecule has 0 N–H and O–H groups in total. The van der Waals surface area contributed by atoms with Gasteiger partial charge in [-0.1, -0.05) is 98.5 Å². The van der Waals surface area contributed by atoms with E-state index in [4.69, 9.17) is 0 Å². The van der Waals surface area contributed by atoms with Gasteiger partial charge >= 0.3 is 0 Å². The van der Waals surface area contributed by atoms with E-state index >= 15 is 0 Å². The van der Waals surface area contributed by atoms with Crippen molar-refractivity contribution in [2.75, 3.05) is 0 Å². The van der Waals surface area contributed by atoms with E-state index in [0.29, 0.717) is 28.6 Å². The molecule has 0 aromatic carbocycles. The molecule has 0 aliphatic rings. The molecule has 0 aromatic heterocycles. The second-order valence-electron chi connectivity index (χ2n) is 9.43. The summed E-state index contributed by atoms with van der Waals surface area (Å²) in [5.41, 5.74) is 3.48. The molecular weight excluding hydrogens is 300 g/mol. The molecule has 0 amide bonds. The molecule has 0 heteroatoms. The van der Waals surface area contributed by atoms with Gasteiger partial charge in [-0.15, -0.1) is 0 Å². The van der Waals surface area contributed by atoms with Crippen molar-refractivity contribution in [1.82, 2.24) is 0 Å². The van der Waals surface area contributed by atoms with E-state index in [1.165, 1.54) is 56.1 Å². The van der Waals surface area contributed by atoms with Crippen LogP contribution in [-0.4, -0.2) is 0 Å². The SMILES string of the molecule is C=C(C)C(CC(C)C(C)(CC)CCC)C(C(=C)C)C(C)(CC)CCC. The minimum absolute atomic E-state index is 0.331. The summed E-state index contributed by atoms with van der Waals surface area (Å²) >= 11 is 0. The Bertz CT molecular complexity index is 418. The van der Waals surface area contributed by atoms with E-state index in [-0.39, 0.29) is 0 Å². The Morgan fingerprint density at radius 2 is 1.24 bits per heavy atom. The van der Waals surface area contributed by atoms with Crippen molar-refractivity contribution in [2.24, 2.45) is 28.6 Å². The van der Waals surface area contributed by atoms with Gasteiger partial charge in [0.25, 0.3) is 0 Å². The molecule has 5 atom stereocenters. The topological polar surface area (TPSA) is 0 Å². The van der Waals surface area contributed by atoms with Gasteiger partial charge in [0.2, 0.25) is 0 Å². The number of hydrogen-bond donors (Lipinski definition) is 0. The van der Waals surface area contributed by atoms with E-state index in [1.54, 1.807) is 0 Å². The molecular formula is C25H48. The smallest absolute Gasteiger partial charge is 0.00893 e. The van der Waals surface area contributed by atoms with Crippen molar-refractivity contribution >= 4 is 0 Å². The first-order chi connectivity index (χ1) is 11.5. The van der Waals surface area contributed by atoms with Crippen LogP contribution >= 0.6 is 0 Å². The average Bonchev–Trinajstić information content (AvgIpc) is 2.53. The highest BCUT2D eigenvalue weighted by molar-refractivity contribution is 5.14. The third-order valence-corrected chi connectivity index (χ3v) is 7.37. The van der Waals surface area contributed by atoms with Crippen LogP contribution < -0.4 is 0 Å². The Morgan fingerprint density at radius 3 is 1.56 bits per heavy atom. The Labute approximate surface area is 160 Å². The van der Waals surface area contributed by atoms with E-state index in [1.807, 2.05) is 0 Å². The molecule has 0 aliphatic carbocycles. The van der Waals surface area contributed by atoms with Crippen molar-refractivity contribution in [3.05, 3.63) is 24.3 Å². The molecule has 0 bridgehead atoms.